The van der Waals surface area contributed by atoms with Crippen molar-refractivity contribution in [2.75, 3.05) is 13.2 Å². The van der Waals surface area contributed by atoms with E-state index in [0.717, 1.165) is 30.3 Å². The number of phenols is 5. The third-order valence-corrected chi connectivity index (χ3v) is 8.83. The number of phenolic OH excluding ortho intramolecular Hbond substituents is 5. The van der Waals surface area contributed by atoms with Crippen LogP contribution in [-0.2, 0) is 19.0 Å². The van der Waals surface area contributed by atoms with Crippen LogP contribution in [0.15, 0.2) is 65.1 Å². The number of rotatable bonds is 10. The average Bonchev–Trinajstić information content (AvgIpc) is 3.16. The van der Waals surface area contributed by atoms with Crippen molar-refractivity contribution < 1.29 is 94.2 Å². The standard InChI is InChI=1S/C36H36O19/c37-12-24-28(44)30(46)32(48)36(54-24)53-23-11-18-21(51-34(23)15-7-19(40)27(43)20(41)8-15)9-17(39)10-22(18)52-35-33(49)31(47)29(45)25(55-35)13-50-26(42)6-3-14-1-4-16(38)5-2-14/h1-11,24-25,28-33,35-37,44-49H,12-13H2,(H4-,38,39,40,41,42,43)/p+1/t24-,25-,28-,29-,30+,31+,32-,33-,35-,36-/m1/s1. The molecule has 10 atom stereocenters. The maximum atomic E-state index is 12.4. The van der Waals surface area contributed by atoms with Gasteiger partial charge in [0.25, 0.3) is 0 Å². The van der Waals surface area contributed by atoms with Gasteiger partial charge in [0.1, 0.15) is 78.1 Å². The molecule has 2 fully saturated rings. The summed E-state index contributed by atoms with van der Waals surface area (Å²) in [7, 11) is 0. The van der Waals surface area contributed by atoms with E-state index in [4.69, 9.17) is 28.1 Å². The first-order valence-electron chi connectivity index (χ1n) is 16.5. The van der Waals surface area contributed by atoms with Gasteiger partial charge in [0.15, 0.2) is 17.2 Å². The molecule has 0 bridgehead atoms. The van der Waals surface area contributed by atoms with Crippen molar-refractivity contribution in [3.63, 3.8) is 0 Å². The molecule has 0 unspecified atom stereocenters. The zero-order chi connectivity index (χ0) is 39.7. The van der Waals surface area contributed by atoms with Gasteiger partial charge in [-0.3, -0.25) is 0 Å². The van der Waals surface area contributed by atoms with Crippen LogP contribution in [0.25, 0.3) is 28.4 Å². The monoisotopic (exact) mass is 773 g/mol. The van der Waals surface area contributed by atoms with Crippen LogP contribution in [0.2, 0.25) is 0 Å². The number of aliphatic hydroxyl groups is 7. The lowest BCUT2D eigenvalue weighted by molar-refractivity contribution is -0.278. The summed E-state index contributed by atoms with van der Waals surface area (Å²) in [6.07, 6.45) is -15.0. The summed E-state index contributed by atoms with van der Waals surface area (Å²) < 4.78 is 34.0. The fourth-order valence-corrected chi connectivity index (χ4v) is 5.82. The van der Waals surface area contributed by atoms with Gasteiger partial charge in [0.2, 0.25) is 18.3 Å². The molecule has 2 aliphatic rings. The first kappa shape index (κ1) is 39.2. The normalized spacial score (nSPS) is 28.3. The number of benzene rings is 3. The molecule has 2 aliphatic heterocycles. The predicted octanol–water partition coefficient (Wildman–Crippen LogP) is -0.469. The fourth-order valence-electron chi connectivity index (χ4n) is 5.82. The van der Waals surface area contributed by atoms with Crippen molar-refractivity contribution in [3.05, 3.63) is 66.2 Å². The quantitative estimate of drug-likeness (QED) is 0.0419. The van der Waals surface area contributed by atoms with Gasteiger partial charge in [-0.05, 0) is 23.8 Å². The van der Waals surface area contributed by atoms with Crippen LogP contribution >= 0.6 is 0 Å². The predicted molar refractivity (Wildman–Crippen MR) is 183 cm³/mol. The summed E-state index contributed by atoms with van der Waals surface area (Å²) in [6.45, 7) is -1.41. The van der Waals surface area contributed by atoms with E-state index in [-0.39, 0.29) is 39.5 Å². The van der Waals surface area contributed by atoms with E-state index >= 15 is 0 Å². The highest BCUT2D eigenvalue weighted by Crippen LogP contribution is 2.45. The summed E-state index contributed by atoms with van der Waals surface area (Å²) >= 11 is 0. The lowest BCUT2D eigenvalue weighted by Gasteiger charge is -2.40. The molecule has 19 heteroatoms. The molecular weight excluding hydrogens is 736 g/mol. The highest BCUT2D eigenvalue weighted by Gasteiger charge is 2.47. The van der Waals surface area contributed by atoms with Crippen molar-refractivity contribution in [1.82, 2.24) is 0 Å². The van der Waals surface area contributed by atoms with E-state index in [0.29, 0.717) is 5.56 Å². The Balaban J connectivity index is 1.31. The van der Waals surface area contributed by atoms with Crippen LogP contribution in [0.4, 0.5) is 0 Å². The Bertz CT molecular complexity index is 2010. The number of carbonyl (C=O) groups excluding carboxylic acids is 1. The third-order valence-electron chi connectivity index (χ3n) is 8.83. The molecule has 0 radical (unpaired) electrons. The summed E-state index contributed by atoms with van der Waals surface area (Å²) in [5.74, 6) is -4.77. The van der Waals surface area contributed by atoms with Crippen LogP contribution in [-0.4, -0.2) is 142 Å². The number of hydrogen-bond donors (Lipinski definition) is 12. The SMILES string of the molecule is O=C(/C=C/c1ccc(O)cc1)OC[C@H]1O[C@@H](Oc2cc(O)cc3[o+]c(-c4cc(O)c(O)c(O)c4)c(O[C@@H]4O[C@H](CO)[C@@H](O)[C@H](O)[C@H]4O)cc23)[C@H](O)[C@@H](O)[C@@H]1O. The zero-order valence-corrected chi connectivity index (χ0v) is 28.3. The van der Waals surface area contributed by atoms with Crippen molar-refractivity contribution in [2.45, 2.75) is 61.4 Å². The van der Waals surface area contributed by atoms with Gasteiger partial charge in [-0.1, -0.05) is 12.1 Å². The minimum absolute atomic E-state index is 0.0248. The van der Waals surface area contributed by atoms with Gasteiger partial charge in [-0.25, -0.2) is 9.21 Å². The lowest BCUT2D eigenvalue weighted by atomic mass is 9.99. The molecule has 19 nitrogen and oxygen atoms in total. The molecule has 3 heterocycles. The molecule has 0 saturated carbocycles. The fraction of sp³-hybridized carbons (Fsp3) is 0.333. The van der Waals surface area contributed by atoms with Crippen molar-refractivity contribution in [2.24, 2.45) is 0 Å². The number of fused-ring (bicyclic) bond motifs is 1. The molecule has 6 rings (SSSR count). The molecule has 0 aliphatic carbocycles. The number of aliphatic hydroxyl groups excluding tert-OH is 7. The minimum atomic E-state index is -1.92. The van der Waals surface area contributed by atoms with Gasteiger partial charge in [0.05, 0.1) is 18.2 Å². The van der Waals surface area contributed by atoms with Crippen LogP contribution in [0.3, 0.4) is 0 Å². The lowest BCUT2D eigenvalue weighted by Crippen LogP contribution is -2.60. The Hall–Kier alpha value is -5.48. The summed E-state index contributed by atoms with van der Waals surface area (Å²) in [5, 5.41) is 123. The smallest absolute Gasteiger partial charge is 0.402 e. The second-order valence-corrected chi connectivity index (χ2v) is 12.7. The molecule has 0 spiro atoms. The van der Waals surface area contributed by atoms with E-state index in [1.165, 1.54) is 24.3 Å². The first-order valence-corrected chi connectivity index (χ1v) is 16.5. The topological polar surface area (TPSA) is 317 Å². The number of esters is 1. The van der Waals surface area contributed by atoms with Gasteiger partial charge in [-0.15, -0.1) is 0 Å². The van der Waals surface area contributed by atoms with E-state index in [9.17, 15) is 66.1 Å². The maximum absolute atomic E-state index is 12.4. The average molecular weight is 774 g/mol. The highest BCUT2D eigenvalue weighted by molar-refractivity contribution is 5.89. The Labute approximate surface area is 309 Å². The molecule has 1 aromatic heterocycles. The van der Waals surface area contributed by atoms with Crippen LogP contribution in [0.5, 0.6) is 40.2 Å². The summed E-state index contributed by atoms with van der Waals surface area (Å²) in [4.78, 5) is 12.4. The van der Waals surface area contributed by atoms with Gasteiger partial charge < -0.3 is 85.0 Å². The molecule has 2 saturated heterocycles. The molecule has 3 aromatic carbocycles. The van der Waals surface area contributed by atoms with Crippen LogP contribution in [0, 0.1) is 0 Å². The molecule has 12 N–H and O–H groups in total. The van der Waals surface area contributed by atoms with Crippen molar-refractivity contribution in [1.29, 1.82) is 0 Å². The number of hydrogen-bond acceptors (Lipinski definition) is 18. The minimum Gasteiger partial charge on any atom is -0.508 e. The summed E-state index contributed by atoms with van der Waals surface area (Å²) in [6, 6.07) is 11.2. The molecule has 55 heavy (non-hydrogen) atoms. The van der Waals surface area contributed by atoms with Gasteiger partial charge in [-0.2, -0.15) is 0 Å². The highest BCUT2D eigenvalue weighted by atomic mass is 16.7. The second-order valence-electron chi connectivity index (χ2n) is 12.7. The Morgan fingerprint density at radius 3 is 1.89 bits per heavy atom. The summed E-state index contributed by atoms with van der Waals surface area (Å²) in [5.41, 5.74) is 0.238. The van der Waals surface area contributed by atoms with Gasteiger partial charge in [0, 0.05) is 30.3 Å². The maximum Gasteiger partial charge on any atom is 0.402 e. The van der Waals surface area contributed by atoms with Crippen molar-refractivity contribution >= 4 is 23.0 Å². The zero-order valence-electron chi connectivity index (χ0n) is 28.3. The number of ether oxygens (including phenoxy) is 5. The molecule has 294 valence electrons. The van der Waals surface area contributed by atoms with E-state index < -0.39 is 104 Å². The number of aromatic hydroxyl groups is 5. The Kier molecular flexibility index (Phi) is 11.5. The largest absolute Gasteiger partial charge is 0.508 e. The Morgan fingerprint density at radius 1 is 0.691 bits per heavy atom. The van der Waals surface area contributed by atoms with Crippen molar-refractivity contribution in [3.8, 4) is 51.6 Å². The van der Waals surface area contributed by atoms with Crippen LogP contribution in [0.1, 0.15) is 5.56 Å². The first-order chi connectivity index (χ1) is 26.1. The molecule has 0 amide bonds. The van der Waals surface area contributed by atoms with Gasteiger partial charge >= 0.3 is 17.3 Å². The van der Waals surface area contributed by atoms with Crippen LogP contribution < -0.4 is 9.47 Å². The second kappa shape index (κ2) is 16.1. The van der Waals surface area contributed by atoms with E-state index in [2.05, 4.69) is 0 Å². The third kappa shape index (κ3) is 8.29. The van der Waals surface area contributed by atoms with E-state index in [1.54, 1.807) is 12.1 Å². The van der Waals surface area contributed by atoms with E-state index in [1.807, 2.05) is 0 Å². The Morgan fingerprint density at radius 2 is 1.27 bits per heavy atom. The molecule has 4 aromatic rings. The molecular formula is C36H37O19+. The number of carbonyl (C=O) groups is 1.